The van der Waals surface area contributed by atoms with Crippen molar-refractivity contribution < 1.29 is 9.59 Å². The van der Waals surface area contributed by atoms with E-state index in [0.717, 1.165) is 25.7 Å². The molecule has 234 valence electrons. The number of ketones is 2. The molecule has 0 aliphatic carbocycles. The van der Waals surface area contributed by atoms with Gasteiger partial charge in [0.05, 0.1) is 0 Å². The Balaban J connectivity index is 0. The summed E-state index contributed by atoms with van der Waals surface area (Å²) in [5.74, 6) is 0.172. The number of unbranched alkanes of at least 4 members (excludes halogenated alkanes) is 24. The minimum absolute atomic E-state index is 0. The molecule has 0 aliphatic rings. The van der Waals surface area contributed by atoms with Crippen LogP contribution >= 0.6 is 12.4 Å². The third-order valence-electron chi connectivity index (χ3n) is 8.63. The maximum Gasteiger partial charge on any atom is 0.160 e. The third kappa shape index (κ3) is 23.9. The highest BCUT2D eigenvalue weighted by Crippen LogP contribution is 2.19. The second-order valence-electron chi connectivity index (χ2n) is 12.2. The lowest BCUT2D eigenvalue weighted by molar-refractivity contribution is -0.135. The predicted octanol–water partition coefficient (Wildman–Crippen LogP) is 11.5. The normalized spacial score (nSPS) is 11.5. The van der Waals surface area contributed by atoms with Crippen LogP contribution in [0.4, 0.5) is 0 Å². The Bertz CT molecular complexity index is 495. The fraction of sp³-hybridized carbons (Fsp3) is 0.943. The van der Waals surface area contributed by atoms with Gasteiger partial charge < -0.3 is 5.32 Å². The van der Waals surface area contributed by atoms with Gasteiger partial charge >= 0.3 is 0 Å². The Morgan fingerprint density at radius 3 is 0.846 bits per heavy atom. The zero-order valence-electron chi connectivity index (χ0n) is 27.0. The molecule has 0 spiro atoms. The molecule has 0 radical (unpaired) electrons. The van der Waals surface area contributed by atoms with Gasteiger partial charge in [-0.3, -0.25) is 9.59 Å². The van der Waals surface area contributed by atoms with Crippen LogP contribution in [-0.4, -0.2) is 24.2 Å². The minimum Gasteiger partial charge on any atom is -0.302 e. The fourth-order valence-corrected chi connectivity index (χ4v) is 5.54. The van der Waals surface area contributed by atoms with Crippen molar-refractivity contribution in [1.29, 1.82) is 0 Å². The molecule has 0 aromatic rings. The van der Waals surface area contributed by atoms with Gasteiger partial charge in [-0.1, -0.05) is 168 Å². The van der Waals surface area contributed by atoms with Crippen molar-refractivity contribution in [3.63, 3.8) is 0 Å². The van der Waals surface area contributed by atoms with Crippen LogP contribution in [0.25, 0.3) is 0 Å². The smallest absolute Gasteiger partial charge is 0.160 e. The highest BCUT2D eigenvalue weighted by Gasteiger charge is 2.37. The van der Waals surface area contributed by atoms with E-state index in [9.17, 15) is 9.59 Å². The first-order chi connectivity index (χ1) is 18.5. The third-order valence-corrected chi connectivity index (χ3v) is 8.63. The van der Waals surface area contributed by atoms with E-state index in [-0.39, 0.29) is 24.0 Å². The van der Waals surface area contributed by atoms with Gasteiger partial charge in [0.25, 0.3) is 0 Å². The summed E-state index contributed by atoms with van der Waals surface area (Å²) in [5.41, 5.74) is -0.992. The van der Waals surface area contributed by atoms with E-state index in [0.29, 0.717) is 12.8 Å². The number of rotatable bonds is 31. The molecular weight excluding hydrogens is 502 g/mol. The predicted molar refractivity (Wildman–Crippen MR) is 175 cm³/mol. The van der Waals surface area contributed by atoms with Crippen molar-refractivity contribution in [1.82, 2.24) is 5.32 Å². The van der Waals surface area contributed by atoms with Crippen molar-refractivity contribution in [2.45, 2.75) is 206 Å². The molecule has 0 heterocycles. The molecule has 0 saturated heterocycles. The quantitative estimate of drug-likeness (QED) is 0.0664. The lowest BCUT2D eigenvalue weighted by Gasteiger charge is -2.26. The molecule has 0 unspecified atom stereocenters. The molecule has 0 bridgehead atoms. The van der Waals surface area contributed by atoms with Crippen molar-refractivity contribution in [2.75, 3.05) is 7.05 Å². The van der Waals surface area contributed by atoms with Crippen LogP contribution in [0, 0.1) is 0 Å². The number of likely N-dealkylation sites (N-methyl/N-ethyl adjacent to an activating group) is 1. The molecule has 0 atom stereocenters. The molecule has 1 N–H and O–H groups in total. The Hall–Kier alpha value is -0.410. The summed E-state index contributed by atoms with van der Waals surface area (Å²) in [7, 11) is 1.77. The standard InChI is InChI=1S/C35H69NO2.ClH/c1-5-7-9-11-13-15-17-19-21-23-25-27-29-31-33(37)35(3,36-4)34(38)32-30-28-26-24-22-20-18-16-14-12-10-8-6-2;/h36H,5-32H2,1-4H3;1H. The Morgan fingerprint density at radius 2 is 0.641 bits per heavy atom. The van der Waals surface area contributed by atoms with E-state index >= 15 is 0 Å². The van der Waals surface area contributed by atoms with E-state index in [4.69, 9.17) is 0 Å². The lowest BCUT2D eigenvalue weighted by Crippen LogP contribution is -2.54. The van der Waals surface area contributed by atoms with E-state index < -0.39 is 5.54 Å². The highest BCUT2D eigenvalue weighted by atomic mass is 35.5. The van der Waals surface area contributed by atoms with Gasteiger partial charge in [0.1, 0.15) is 5.54 Å². The van der Waals surface area contributed by atoms with Crippen LogP contribution in [0.15, 0.2) is 0 Å². The Morgan fingerprint density at radius 1 is 0.436 bits per heavy atom. The van der Waals surface area contributed by atoms with Gasteiger partial charge in [0.15, 0.2) is 11.6 Å². The van der Waals surface area contributed by atoms with Crippen LogP contribution in [-0.2, 0) is 9.59 Å². The van der Waals surface area contributed by atoms with E-state index in [2.05, 4.69) is 19.2 Å². The molecule has 4 heteroatoms. The molecule has 0 amide bonds. The Labute approximate surface area is 251 Å². The maximum atomic E-state index is 12.9. The maximum absolute atomic E-state index is 12.9. The first kappa shape index (κ1) is 40.7. The SMILES string of the molecule is CCCCCCCCCCCCCCCC(=O)C(C)(NC)C(=O)CCCCCCCCCCCCCCC.Cl. The van der Waals surface area contributed by atoms with Gasteiger partial charge in [-0.05, 0) is 26.8 Å². The minimum atomic E-state index is -0.992. The van der Waals surface area contributed by atoms with Crippen molar-refractivity contribution in [3.05, 3.63) is 0 Å². The highest BCUT2D eigenvalue weighted by molar-refractivity contribution is 6.11. The molecular formula is C35H70ClNO2. The van der Waals surface area contributed by atoms with Gasteiger partial charge in [-0.15, -0.1) is 12.4 Å². The van der Waals surface area contributed by atoms with Crippen LogP contribution in [0.3, 0.4) is 0 Å². The summed E-state index contributed by atoms with van der Waals surface area (Å²) in [6, 6.07) is 0. The summed E-state index contributed by atoms with van der Waals surface area (Å²) >= 11 is 0. The van der Waals surface area contributed by atoms with Crippen molar-refractivity contribution >= 4 is 24.0 Å². The average Bonchev–Trinajstić information content (AvgIpc) is 2.93. The van der Waals surface area contributed by atoms with Crippen LogP contribution in [0.2, 0.25) is 0 Å². The summed E-state index contributed by atoms with van der Waals surface area (Å²) < 4.78 is 0. The molecule has 3 nitrogen and oxygen atoms in total. The van der Waals surface area contributed by atoms with Crippen LogP contribution in [0.1, 0.15) is 201 Å². The van der Waals surface area contributed by atoms with E-state index in [1.165, 1.54) is 141 Å². The summed E-state index contributed by atoms with van der Waals surface area (Å²) in [4.78, 5) is 25.8. The summed E-state index contributed by atoms with van der Waals surface area (Å²) in [6.45, 7) is 6.36. The zero-order valence-corrected chi connectivity index (χ0v) is 27.8. The van der Waals surface area contributed by atoms with Crippen molar-refractivity contribution in [2.24, 2.45) is 0 Å². The molecule has 0 saturated carbocycles. The fourth-order valence-electron chi connectivity index (χ4n) is 5.54. The second-order valence-corrected chi connectivity index (χ2v) is 12.2. The molecule has 0 aromatic heterocycles. The molecule has 0 aromatic carbocycles. The van der Waals surface area contributed by atoms with Crippen molar-refractivity contribution in [3.8, 4) is 0 Å². The van der Waals surface area contributed by atoms with Gasteiger partial charge in [0.2, 0.25) is 0 Å². The number of carbonyl (C=O) groups excluding carboxylic acids is 2. The number of hydrogen-bond donors (Lipinski definition) is 1. The zero-order chi connectivity index (χ0) is 28.2. The molecule has 0 aliphatic heterocycles. The van der Waals surface area contributed by atoms with Gasteiger partial charge in [0, 0.05) is 12.8 Å². The first-order valence-corrected chi connectivity index (χ1v) is 17.3. The lowest BCUT2D eigenvalue weighted by atomic mass is 9.85. The summed E-state index contributed by atoms with van der Waals surface area (Å²) in [6.07, 6.45) is 34.9. The van der Waals surface area contributed by atoms with Crippen LogP contribution in [0.5, 0.6) is 0 Å². The Kier molecular flexibility index (Phi) is 31.9. The molecule has 0 rings (SSSR count). The number of Topliss-reactive ketones (excluding diaryl/α,β-unsaturated/α-hetero) is 2. The van der Waals surface area contributed by atoms with Gasteiger partial charge in [-0.2, -0.15) is 0 Å². The second kappa shape index (κ2) is 30.5. The van der Waals surface area contributed by atoms with E-state index in [1.54, 1.807) is 7.05 Å². The monoisotopic (exact) mass is 572 g/mol. The average molecular weight is 572 g/mol. The topological polar surface area (TPSA) is 46.2 Å². The first-order valence-electron chi connectivity index (χ1n) is 17.3. The van der Waals surface area contributed by atoms with E-state index in [1.807, 2.05) is 6.92 Å². The van der Waals surface area contributed by atoms with Gasteiger partial charge in [-0.25, -0.2) is 0 Å². The number of hydrogen-bond acceptors (Lipinski definition) is 3. The largest absolute Gasteiger partial charge is 0.302 e. The number of carbonyl (C=O) groups is 2. The summed E-state index contributed by atoms with van der Waals surface area (Å²) in [5, 5.41) is 3.07. The number of nitrogens with one attached hydrogen (secondary N) is 1. The molecule has 0 fully saturated rings. The molecule has 39 heavy (non-hydrogen) atoms. The number of halogens is 1. The van der Waals surface area contributed by atoms with Crippen LogP contribution < -0.4 is 5.32 Å².